The zero-order valence-corrected chi connectivity index (χ0v) is 28.6. The number of ether oxygens (including phenoxy) is 1. The standard InChI is InChI=1S/C36H41F3N6O2S/c1-23(2)32-25(4)8-6-10-31(32)45-26(5)19-21-48-35(45)42-34(46)40-20-7-9-24(3)27-11-13-28(14-12-27)33-41-22-44(43-33)29-15-17-30(18-16-29)47-36(37,38)39/h6,8,10-18,22-24,26H,7,9,19-21H2,1-5H3,(H,40,46)/b42-35-. The molecule has 2 unspecified atom stereocenters. The van der Waals surface area contributed by atoms with Gasteiger partial charge in [-0.2, -0.15) is 4.99 Å². The number of aromatic nitrogens is 3. The van der Waals surface area contributed by atoms with E-state index in [0.717, 1.165) is 47.0 Å². The van der Waals surface area contributed by atoms with E-state index in [2.05, 4.69) is 82.8 Å². The summed E-state index contributed by atoms with van der Waals surface area (Å²) in [6.07, 6.45) is -0.512. The van der Waals surface area contributed by atoms with Crippen LogP contribution in [0.2, 0.25) is 0 Å². The molecule has 2 amide bonds. The van der Waals surface area contributed by atoms with Crippen molar-refractivity contribution in [2.45, 2.75) is 78.1 Å². The van der Waals surface area contributed by atoms with Gasteiger partial charge in [-0.1, -0.05) is 68.9 Å². The molecule has 1 aliphatic rings. The molecule has 2 atom stereocenters. The highest BCUT2D eigenvalue weighted by Gasteiger charge is 2.31. The smallest absolute Gasteiger partial charge is 0.406 e. The number of nitrogens with zero attached hydrogens (tertiary/aromatic N) is 5. The number of benzene rings is 3. The van der Waals surface area contributed by atoms with Gasteiger partial charge in [-0.05, 0) is 92.0 Å². The fraction of sp³-hybridized carbons (Fsp3) is 0.389. The molecule has 5 rings (SSSR count). The van der Waals surface area contributed by atoms with Crippen LogP contribution in [-0.2, 0) is 0 Å². The Hall–Kier alpha value is -4.32. The first-order chi connectivity index (χ1) is 22.9. The van der Waals surface area contributed by atoms with Crippen LogP contribution in [0.15, 0.2) is 78.0 Å². The number of amidine groups is 1. The maximum Gasteiger partial charge on any atom is 0.573 e. The summed E-state index contributed by atoms with van der Waals surface area (Å²) in [4.78, 5) is 24.0. The molecule has 8 nitrogen and oxygen atoms in total. The number of thioether (sulfide) groups is 1. The van der Waals surface area contributed by atoms with Crippen molar-refractivity contribution in [3.63, 3.8) is 0 Å². The van der Waals surface area contributed by atoms with E-state index in [1.807, 2.05) is 24.3 Å². The lowest BCUT2D eigenvalue weighted by Gasteiger charge is -2.37. The maximum absolute atomic E-state index is 12.9. The van der Waals surface area contributed by atoms with Crippen molar-refractivity contribution in [1.82, 2.24) is 20.1 Å². The van der Waals surface area contributed by atoms with Crippen LogP contribution in [-0.4, -0.2) is 50.7 Å². The summed E-state index contributed by atoms with van der Waals surface area (Å²) in [7, 11) is 0. The average molecular weight is 679 g/mol. The Balaban J connectivity index is 1.13. The Labute approximate surface area is 283 Å². The molecular weight excluding hydrogens is 637 g/mol. The number of aliphatic imine (C=N–C) groups is 1. The van der Waals surface area contributed by atoms with Crippen LogP contribution in [0.4, 0.5) is 23.7 Å². The van der Waals surface area contributed by atoms with Gasteiger partial charge in [0.15, 0.2) is 11.0 Å². The van der Waals surface area contributed by atoms with Gasteiger partial charge in [-0.25, -0.2) is 14.5 Å². The van der Waals surface area contributed by atoms with Crippen LogP contribution in [0.1, 0.15) is 75.5 Å². The molecular formula is C36H41F3N6O2S. The number of hydrogen-bond acceptors (Lipinski definition) is 5. The predicted octanol–water partition coefficient (Wildman–Crippen LogP) is 9.25. The lowest BCUT2D eigenvalue weighted by atomic mass is 9.95. The Morgan fingerprint density at radius 2 is 1.81 bits per heavy atom. The second-order valence-corrected chi connectivity index (χ2v) is 13.4. The quantitative estimate of drug-likeness (QED) is 0.168. The lowest BCUT2D eigenvalue weighted by molar-refractivity contribution is -0.274. The van der Waals surface area contributed by atoms with Gasteiger partial charge in [0.25, 0.3) is 0 Å². The molecule has 48 heavy (non-hydrogen) atoms. The molecule has 1 N–H and O–H groups in total. The van der Waals surface area contributed by atoms with Crippen LogP contribution >= 0.6 is 11.8 Å². The van der Waals surface area contributed by atoms with Crippen LogP contribution in [0.3, 0.4) is 0 Å². The van der Waals surface area contributed by atoms with E-state index in [1.54, 1.807) is 11.8 Å². The molecule has 254 valence electrons. The molecule has 0 bridgehead atoms. The van der Waals surface area contributed by atoms with Crippen LogP contribution in [0.5, 0.6) is 5.75 Å². The summed E-state index contributed by atoms with van der Waals surface area (Å²) < 4.78 is 42.8. The first kappa shape index (κ1) is 35.0. The topological polar surface area (TPSA) is 84.6 Å². The molecule has 0 radical (unpaired) electrons. The number of nitrogens with one attached hydrogen (secondary N) is 1. The Kier molecular flexibility index (Phi) is 11.1. The van der Waals surface area contributed by atoms with Crippen molar-refractivity contribution in [3.8, 4) is 22.8 Å². The fourth-order valence-corrected chi connectivity index (χ4v) is 7.14. The van der Waals surface area contributed by atoms with Gasteiger partial charge in [0.2, 0.25) is 0 Å². The van der Waals surface area contributed by atoms with Gasteiger partial charge < -0.3 is 15.0 Å². The normalized spacial score (nSPS) is 16.7. The number of urea groups is 1. The Morgan fingerprint density at radius 1 is 1.08 bits per heavy atom. The van der Waals surface area contributed by atoms with E-state index in [-0.39, 0.29) is 23.7 Å². The number of halogens is 3. The van der Waals surface area contributed by atoms with Crippen molar-refractivity contribution < 1.29 is 22.7 Å². The van der Waals surface area contributed by atoms with Gasteiger partial charge in [-0.15, -0.1) is 18.3 Å². The minimum absolute atomic E-state index is 0.248. The summed E-state index contributed by atoms with van der Waals surface area (Å²) in [5, 5.41) is 8.22. The highest BCUT2D eigenvalue weighted by atomic mass is 32.2. The third-order valence-corrected chi connectivity index (χ3v) is 9.39. The van der Waals surface area contributed by atoms with E-state index >= 15 is 0 Å². The molecule has 4 aromatic rings. The Morgan fingerprint density at radius 3 is 2.50 bits per heavy atom. The highest BCUT2D eigenvalue weighted by Crippen LogP contribution is 2.36. The number of hydrogen-bond donors (Lipinski definition) is 1. The van der Waals surface area contributed by atoms with E-state index in [1.165, 1.54) is 46.4 Å². The van der Waals surface area contributed by atoms with Crippen LogP contribution in [0.25, 0.3) is 17.1 Å². The summed E-state index contributed by atoms with van der Waals surface area (Å²) in [6.45, 7) is 11.4. The van der Waals surface area contributed by atoms with Crippen molar-refractivity contribution in [2.75, 3.05) is 17.2 Å². The van der Waals surface area contributed by atoms with E-state index in [4.69, 9.17) is 0 Å². The molecule has 0 saturated carbocycles. The number of amides is 2. The molecule has 3 aromatic carbocycles. The van der Waals surface area contributed by atoms with Crippen LogP contribution in [0, 0.1) is 6.92 Å². The second-order valence-electron chi connectivity index (χ2n) is 12.4. The van der Waals surface area contributed by atoms with Gasteiger partial charge in [0.1, 0.15) is 12.1 Å². The van der Waals surface area contributed by atoms with Crippen LogP contribution < -0.4 is 15.0 Å². The van der Waals surface area contributed by atoms with Gasteiger partial charge in [0, 0.05) is 29.6 Å². The van der Waals surface area contributed by atoms with Crippen molar-refractivity contribution >= 4 is 28.6 Å². The molecule has 1 aliphatic heterocycles. The second kappa shape index (κ2) is 15.3. The van der Waals surface area contributed by atoms with Gasteiger partial charge in [0.05, 0.1) is 5.69 Å². The first-order valence-corrected chi connectivity index (χ1v) is 17.1. The number of alkyl halides is 3. The average Bonchev–Trinajstić information content (AvgIpc) is 3.53. The van der Waals surface area contributed by atoms with Gasteiger partial charge >= 0.3 is 12.4 Å². The molecule has 1 fully saturated rings. The van der Waals surface area contributed by atoms with E-state index < -0.39 is 6.36 Å². The number of aryl methyl sites for hydroxylation is 1. The minimum Gasteiger partial charge on any atom is -0.406 e. The number of carbonyl (C=O) groups is 1. The number of carbonyl (C=O) groups excluding carboxylic acids is 1. The summed E-state index contributed by atoms with van der Waals surface area (Å²) in [5.74, 6) is 1.76. The molecule has 1 aromatic heterocycles. The molecule has 2 heterocycles. The third kappa shape index (κ3) is 8.77. The SMILES string of the molecule is Cc1cccc(N2/C(=N/C(=O)NCCCC(C)c3ccc(-c4ncn(-c5ccc(OC(F)(F)F)cc5)n4)cc3)SCCC2C)c1C(C)C. The monoisotopic (exact) mass is 678 g/mol. The van der Waals surface area contributed by atoms with Crippen molar-refractivity contribution in [2.24, 2.45) is 4.99 Å². The first-order valence-electron chi connectivity index (χ1n) is 16.2. The molecule has 0 spiro atoms. The van der Waals surface area contributed by atoms with Crippen molar-refractivity contribution in [1.29, 1.82) is 0 Å². The number of rotatable bonds is 10. The lowest BCUT2D eigenvalue weighted by Crippen LogP contribution is -2.43. The Bertz CT molecular complexity index is 1720. The zero-order valence-electron chi connectivity index (χ0n) is 27.8. The summed E-state index contributed by atoms with van der Waals surface area (Å²) in [5.41, 5.74) is 6.21. The highest BCUT2D eigenvalue weighted by molar-refractivity contribution is 8.14. The van der Waals surface area contributed by atoms with Crippen molar-refractivity contribution in [3.05, 3.63) is 89.7 Å². The third-order valence-electron chi connectivity index (χ3n) is 8.40. The fourth-order valence-electron chi connectivity index (χ4n) is 5.94. The molecule has 12 heteroatoms. The largest absolute Gasteiger partial charge is 0.573 e. The molecule has 1 saturated heterocycles. The minimum atomic E-state index is -4.74. The summed E-state index contributed by atoms with van der Waals surface area (Å²) >= 11 is 1.63. The maximum atomic E-state index is 12.9. The summed E-state index contributed by atoms with van der Waals surface area (Å²) in [6, 6.07) is 19.7. The zero-order chi connectivity index (χ0) is 34.4. The van der Waals surface area contributed by atoms with Gasteiger partial charge in [-0.3, -0.25) is 0 Å². The van der Waals surface area contributed by atoms with E-state index in [9.17, 15) is 18.0 Å². The van der Waals surface area contributed by atoms with E-state index in [0.29, 0.717) is 24.0 Å². The predicted molar refractivity (Wildman–Crippen MR) is 186 cm³/mol. The number of anilines is 1. The molecule has 0 aliphatic carbocycles.